The average molecular weight is 1120 g/mol. The minimum Gasteiger partial charge on any atom is -0.322 e. The van der Waals surface area contributed by atoms with Crippen molar-refractivity contribution in [3.63, 3.8) is 0 Å². The monoisotopic (exact) mass is 1120 g/mol. The molecule has 0 spiro atoms. The molecule has 21 heteroatoms. The smallest absolute Gasteiger partial charge is 0.322 e. The number of alkyl halides is 6. The van der Waals surface area contributed by atoms with Crippen LogP contribution in [0.2, 0.25) is 0 Å². The molecule has 0 unspecified atom stereocenters. The largest absolute Gasteiger partial charge is 0.416 e. The van der Waals surface area contributed by atoms with Gasteiger partial charge in [0.2, 0.25) is 0 Å². The summed E-state index contributed by atoms with van der Waals surface area (Å²) in [5, 5.41) is 13.4. The van der Waals surface area contributed by atoms with Crippen LogP contribution in [0, 0.1) is 24.2 Å². The summed E-state index contributed by atoms with van der Waals surface area (Å²) in [5.41, 5.74) is 2.94. The Morgan fingerprint density at radius 2 is 1.05 bits per heavy atom. The summed E-state index contributed by atoms with van der Waals surface area (Å²) < 4.78 is 87.1. The molecule has 0 bridgehead atoms. The van der Waals surface area contributed by atoms with E-state index in [1.807, 2.05) is 77.2 Å². The number of aromatic nitrogens is 6. The van der Waals surface area contributed by atoms with Crippen LogP contribution < -0.4 is 10.6 Å². The van der Waals surface area contributed by atoms with E-state index in [4.69, 9.17) is 6.42 Å². The third-order valence-electron chi connectivity index (χ3n) is 12.6. The van der Waals surface area contributed by atoms with Gasteiger partial charge in [0.1, 0.15) is 0 Å². The first-order chi connectivity index (χ1) is 36.9. The zero-order valence-corrected chi connectivity index (χ0v) is 43.4. The van der Waals surface area contributed by atoms with Crippen LogP contribution in [0.5, 0.6) is 0 Å². The van der Waals surface area contributed by atoms with Gasteiger partial charge < -0.3 is 20.4 Å². The van der Waals surface area contributed by atoms with Gasteiger partial charge >= 0.3 is 12.4 Å². The number of piperazine rings is 2. The molecule has 10 rings (SSSR count). The Morgan fingerprint density at radius 3 is 1.55 bits per heavy atom. The summed E-state index contributed by atoms with van der Waals surface area (Å²) in [6.07, 6.45) is 8.99. The minimum atomic E-state index is -4.54. The van der Waals surface area contributed by atoms with Crippen LogP contribution in [-0.2, 0) is 25.4 Å². The van der Waals surface area contributed by atoms with Gasteiger partial charge in [0.25, 0.3) is 11.8 Å². The van der Waals surface area contributed by atoms with Crippen molar-refractivity contribution >= 4 is 50.2 Å². The van der Waals surface area contributed by atoms with Crippen LogP contribution in [0.1, 0.15) is 59.7 Å². The second-order valence-electron chi connectivity index (χ2n) is 18.2. The predicted molar refractivity (Wildman–Crippen MR) is 285 cm³/mol. The van der Waals surface area contributed by atoms with E-state index in [1.165, 1.54) is 55.1 Å². The Hall–Kier alpha value is -7.92. The Kier molecular flexibility index (Phi) is 17.8. The maximum absolute atomic E-state index is 13.9. The molecule has 77 heavy (non-hydrogen) atoms. The lowest BCUT2D eigenvalue weighted by molar-refractivity contribution is -0.139. The van der Waals surface area contributed by atoms with Gasteiger partial charge in [0.15, 0.2) is 0 Å². The highest BCUT2D eigenvalue weighted by Gasteiger charge is 2.36. The number of benzene rings is 2. The Balaban J connectivity index is 0.000000176. The SMILES string of the molecule is Brc1cnn2ccccc12.C#Cc1cncc(C(=O)Nc2ccc(CN3CCN(C)CC3)c(C(F)(F)F)c2)c1.CN1CCN(Cc2ccc(NC(=O)c3cncc(C#Cc4cnn5ccccc45)c3)cc2C(F)(F)F)CC1. The van der Waals surface area contributed by atoms with Crippen molar-refractivity contribution in [2.45, 2.75) is 25.4 Å². The van der Waals surface area contributed by atoms with E-state index in [1.54, 1.807) is 23.0 Å². The van der Waals surface area contributed by atoms with E-state index in [2.05, 4.69) is 74.3 Å². The van der Waals surface area contributed by atoms with Gasteiger partial charge in [-0.25, -0.2) is 9.03 Å². The molecule has 8 aromatic rings. The second kappa shape index (κ2) is 24.8. The van der Waals surface area contributed by atoms with Crippen LogP contribution >= 0.6 is 15.9 Å². The lowest BCUT2D eigenvalue weighted by Gasteiger charge is -2.33. The molecule has 0 saturated carbocycles. The summed E-state index contributed by atoms with van der Waals surface area (Å²) in [7, 11) is 3.99. The number of anilines is 2. The molecule has 2 aliphatic heterocycles. The van der Waals surface area contributed by atoms with Gasteiger partial charge in [-0.1, -0.05) is 42.0 Å². The molecule has 0 radical (unpaired) electrons. The van der Waals surface area contributed by atoms with Crippen molar-refractivity contribution in [2.75, 3.05) is 77.1 Å². The molecule has 2 aliphatic rings. The molecular weight excluding hydrogens is 1070 g/mol. The lowest BCUT2D eigenvalue weighted by Crippen LogP contribution is -2.44. The van der Waals surface area contributed by atoms with Crippen LogP contribution in [0.15, 0.2) is 139 Å². The molecule has 8 heterocycles. The highest BCUT2D eigenvalue weighted by atomic mass is 79.9. The highest BCUT2D eigenvalue weighted by molar-refractivity contribution is 9.10. The number of rotatable bonds is 8. The second-order valence-corrected chi connectivity index (χ2v) is 19.1. The molecule has 2 aromatic carbocycles. The molecule has 0 atom stereocenters. The number of amides is 2. The fourth-order valence-corrected chi connectivity index (χ4v) is 8.77. The number of halogens is 7. The molecule has 2 saturated heterocycles. The highest BCUT2D eigenvalue weighted by Crippen LogP contribution is 2.36. The topological polar surface area (TPSA) is 132 Å². The van der Waals surface area contributed by atoms with E-state index in [0.717, 1.165) is 59.4 Å². The van der Waals surface area contributed by atoms with Crippen molar-refractivity contribution in [3.05, 3.63) is 189 Å². The zero-order valence-electron chi connectivity index (χ0n) is 41.8. The average Bonchev–Trinajstić information content (AvgIpc) is 4.03. The van der Waals surface area contributed by atoms with E-state index in [9.17, 15) is 35.9 Å². The van der Waals surface area contributed by atoms with Crippen LogP contribution in [-0.4, -0.2) is 127 Å². The van der Waals surface area contributed by atoms with Crippen molar-refractivity contribution in [3.8, 4) is 24.2 Å². The van der Waals surface area contributed by atoms with Gasteiger partial charge in [-0.15, -0.1) is 6.42 Å². The normalized spacial score (nSPS) is 14.5. The number of fused-ring (bicyclic) bond motifs is 2. The fraction of sp³-hybridized carbons (Fsp3) is 0.250. The third-order valence-corrected chi connectivity index (χ3v) is 13.3. The quantitative estimate of drug-likeness (QED) is 0.112. The lowest BCUT2D eigenvalue weighted by atomic mass is 10.0. The number of carbonyl (C=O) groups is 2. The van der Waals surface area contributed by atoms with E-state index >= 15 is 0 Å². The van der Waals surface area contributed by atoms with Crippen LogP contribution in [0.3, 0.4) is 0 Å². The molecule has 14 nitrogen and oxygen atoms in total. The number of nitrogens with zero attached hydrogens (tertiary/aromatic N) is 10. The third kappa shape index (κ3) is 14.9. The van der Waals surface area contributed by atoms with Gasteiger partial charge in [-0.05, 0) is 102 Å². The zero-order chi connectivity index (χ0) is 54.7. The number of terminal acetylenes is 1. The standard InChI is InChI=1S/C28H25F3N6O.C21H21F3N4O.C7H5BrN2/c1-35-10-12-36(13-11-35)19-22-7-8-24(15-25(22)28(29,30)31)34-27(38)23-14-20(16-32-17-23)5-6-21-18-33-37-9-3-2-4-26(21)37;1-3-15-10-17(13-25-12-15)20(29)26-18-5-4-16(19(11-18)21(22,23)24)14-28-8-6-27(2)7-9-28;8-6-5-9-10-4-2-1-3-7(6)10/h2-4,7-9,14-18H,10-13,19H2,1H3,(H,34,38);1,4-5,10-13H,6-9,14H2,2H3,(H,26,29);1-5H. The number of carbonyl (C=O) groups excluding carboxylic acids is 2. The number of likely N-dealkylation sites (N-methyl/N-ethyl adjacent to an activating group) is 2. The first-order valence-electron chi connectivity index (χ1n) is 24.1. The maximum Gasteiger partial charge on any atom is 0.416 e. The number of hydrogen-bond donors (Lipinski definition) is 2. The number of hydrogen-bond acceptors (Lipinski definition) is 10. The minimum absolute atomic E-state index is 0.0623. The molecule has 0 aliphatic carbocycles. The van der Waals surface area contributed by atoms with Crippen molar-refractivity contribution in [1.82, 2.24) is 48.8 Å². The Bertz CT molecular complexity index is 3470. The molecular formula is C56H51BrF6N12O2. The van der Waals surface area contributed by atoms with Gasteiger partial charge in [0, 0.05) is 125 Å². The first kappa shape index (κ1) is 55.3. The summed E-state index contributed by atoms with van der Waals surface area (Å²) in [4.78, 5) is 41.5. The molecule has 2 amide bonds. The summed E-state index contributed by atoms with van der Waals surface area (Å²) in [5.74, 6) is 7.22. The van der Waals surface area contributed by atoms with Gasteiger partial charge in [-0.2, -0.15) is 36.5 Å². The molecule has 396 valence electrons. The summed E-state index contributed by atoms with van der Waals surface area (Å²) in [6.45, 7) is 6.51. The number of nitrogens with one attached hydrogen (secondary N) is 2. The molecule has 6 aromatic heterocycles. The van der Waals surface area contributed by atoms with E-state index < -0.39 is 35.3 Å². The van der Waals surface area contributed by atoms with Gasteiger partial charge in [0.05, 0.1) is 55.7 Å². The predicted octanol–water partition coefficient (Wildman–Crippen LogP) is 9.33. The van der Waals surface area contributed by atoms with E-state index in [-0.39, 0.29) is 46.7 Å². The van der Waals surface area contributed by atoms with Crippen molar-refractivity contribution in [2.24, 2.45) is 0 Å². The van der Waals surface area contributed by atoms with Gasteiger partial charge in [-0.3, -0.25) is 29.4 Å². The Labute approximate surface area is 448 Å². The molecule has 2 N–H and O–H groups in total. The Morgan fingerprint density at radius 1 is 0.584 bits per heavy atom. The fourth-order valence-electron chi connectivity index (χ4n) is 8.36. The van der Waals surface area contributed by atoms with Crippen molar-refractivity contribution in [1.29, 1.82) is 0 Å². The van der Waals surface area contributed by atoms with Crippen molar-refractivity contribution < 1.29 is 35.9 Å². The number of pyridine rings is 4. The van der Waals surface area contributed by atoms with Crippen LogP contribution in [0.25, 0.3) is 11.0 Å². The summed E-state index contributed by atoms with van der Waals surface area (Å²) >= 11 is 3.38. The summed E-state index contributed by atoms with van der Waals surface area (Å²) in [6, 6.07) is 22.4. The van der Waals surface area contributed by atoms with Crippen LogP contribution in [0.4, 0.5) is 37.7 Å². The van der Waals surface area contributed by atoms with E-state index in [0.29, 0.717) is 37.3 Å². The first-order valence-corrected chi connectivity index (χ1v) is 24.9. The molecule has 2 fully saturated rings. The maximum atomic E-state index is 13.9.